The van der Waals surface area contributed by atoms with Crippen LogP contribution in [-0.4, -0.2) is 56.7 Å². The molecule has 0 bridgehead atoms. The van der Waals surface area contributed by atoms with Crippen LogP contribution in [0.2, 0.25) is 0 Å². The molecular weight excluding hydrogens is 228 g/mol. The fourth-order valence-electron chi connectivity index (χ4n) is 1.48. The molecule has 0 aromatic carbocycles. The number of nitriles is 1. The summed E-state index contributed by atoms with van der Waals surface area (Å²) < 4.78 is 28.4. The van der Waals surface area contributed by atoms with Gasteiger partial charge in [0, 0.05) is 19.6 Å². The first-order chi connectivity index (χ1) is 7.45. The molecule has 1 rings (SSSR count). The summed E-state index contributed by atoms with van der Waals surface area (Å²) in [4.78, 5) is 1.97. The van der Waals surface area contributed by atoms with Gasteiger partial charge in [-0.1, -0.05) is 0 Å². The number of hydrogen-bond donors (Lipinski definition) is 0. The van der Waals surface area contributed by atoms with Crippen molar-refractivity contribution in [3.8, 4) is 6.07 Å². The molecule has 0 saturated carbocycles. The highest BCUT2D eigenvalue weighted by Crippen LogP contribution is 2.06. The van der Waals surface area contributed by atoms with Gasteiger partial charge in [-0.15, -0.1) is 0 Å². The second kappa shape index (κ2) is 5.62. The minimum atomic E-state index is -2.99. The van der Waals surface area contributed by atoms with E-state index in [1.165, 1.54) is 0 Å². The maximum Gasteiger partial charge on any atom is 0.156 e. The van der Waals surface area contributed by atoms with Crippen LogP contribution in [0, 0.1) is 11.3 Å². The molecule has 0 aromatic heterocycles. The van der Waals surface area contributed by atoms with E-state index < -0.39 is 15.9 Å². The predicted molar refractivity (Wildman–Crippen MR) is 60.7 cm³/mol. The molecule has 0 aromatic rings. The minimum absolute atomic E-state index is 0.156. The van der Waals surface area contributed by atoms with Crippen LogP contribution in [-0.2, 0) is 14.6 Å². The summed E-state index contributed by atoms with van der Waals surface area (Å²) in [6.45, 7) is 5.57. The van der Waals surface area contributed by atoms with Crippen LogP contribution >= 0.6 is 0 Å². The zero-order valence-electron chi connectivity index (χ0n) is 9.72. The van der Waals surface area contributed by atoms with E-state index in [0.717, 1.165) is 0 Å². The molecule has 0 amide bonds. The topological polar surface area (TPSA) is 70.4 Å². The van der Waals surface area contributed by atoms with Crippen LogP contribution in [0.5, 0.6) is 0 Å². The highest BCUT2D eigenvalue weighted by molar-refractivity contribution is 7.92. The molecule has 1 aliphatic rings. The Bertz CT molecular complexity index is 359. The van der Waals surface area contributed by atoms with E-state index >= 15 is 0 Å². The smallest absolute Gasteiger partial charge is 0.156 e. The third kappa shape index (κ3) is 3.74. The fourth-order valence-corrected chi connectivity index (χ4v) is 2.46. The quantitative estimate of drug-likeness (QED) is 0.700. The maximum atomic E-state index is 11.6. The molecule has 0 N–H and O–H groups in total. The highest BCUT2D eigenvalue weighted by Gasteiger charge is 2.22. The van der Waals surface area contributed by atoms with Crippen molar-refractivity contribution in [2.45, 2.75) is 25.2 Å². The van der Waals surface area contributed by atoms with Crippen LogP contribution in [0.3, 0.4) is 0 Å². The number of sulfone groups is 1. The van der Waals surface area contributed by atoms with Gasteiger partial charge in [-0.05, 0) is 13.8 Å². The standard InChI is InChI=1S/C10H18N2O3S/c1-9(2)16(13,14)6-4-12-3-5-15-10(7-11)8-12/h9-10H,3-6,8H2,1-2H3. The minimum Gasteiger partial charge on any atom is -0.361 e. The van der Waals surface area contributed by atoms with Crippen molar-refractivity contribution < 1.29 is 13.2 Å². The lowest BCUT2D eigenvalue weighted by Crippen LogP contribution is -2.44. The summed E-state index contributed by atoms with van der Waals surface area (Å²) in [5.41, 5.74) is 0. The largest absolute Gasteiger partial charge is 0.361 e. The van der Waals surface area contributed by atoms with Crippen molar-refractivity contribution in [3.63, 3.8) is 0 Å². The number of nitrogens with zero attached hydrogens (tertiary/aromatic N) is 2. The predicted octanol–water partition coefficient (Wildman–Crippen LogP) is 0.0340. The van der Waals surface area contributed by atoms with Crippen molar-refractivity contribution in [1.82, 2.24) is 4.90 Å². The maximum absolute atomic E-state index is 11.6. The summed E-state index contributed by atoms with van der Waals surface area (Å²) in [5, 5.41) is 8.37. The zero-order chi connectivity index (χ0) is 12.2. The van der Waals surface area contributed by atoms with Gasteiger partial charge in [0.15, 0.2) is 15.9 Å². The Labute approximate surface area is 96.9 Å². The second-order valence-electron chi connectivity index (χ2n) is 4.20. The van der Waals surface area contributed by atoms with Crippen LogP contribution in [0.15, 0.2) is 0 Å². The molecule has 0 spiro atoms. The van der Waals surface area contributed by atoms with E-state index in [2.05, 4.69) is 0 Å². The van der Waals surface area contributed by atoms with Crippen LogP contribution in [0.4, 0.5) is 0 Å². The third-order valence-corrected chi connectivity index (χ3v) is 4.89. The summed E-state index contributed by atoms with van der Waals surface area (Å²) in [5.74, 6) is 0.156. The van der Waals surface area contributed by atoms with Gasteiger partial charge in [-0.3, -0.25) is 4.90 Å². The van der Waals surface area contributed by atoms with Crippen LogP contribution in [0.25, 0.3) is 0 Å². The molecule has 1 atom stereocenters. The lowest BCUT2D eigenvalue weighted by atomic mass is 10.3. The molecule has 16 heavy (non-hydrogen) atoms. The van der Waals surface area contributed by atoms with Crippen molar-refractivity contribution >= 4 is 9.84 Å². The van der Waals surface area contributed by atoms with Crippen molar-refractivity contribution in [2.75, 3.05) is 32.0 Å². The fraction of sp³-hybridized carbons (Fsp3) is 0.900. The Morgan fingerprint density at radius 1 is 1.56 bits per heavy atom. The molecule has 0 radical (unpaired) electrons. The molecule has 1 unspecified atom stereocenters. The Kier molecular flexibility index (Phi) is 4.71. The van der Waals surface area contributed by atoms with Gasteiger partial charge in [-0.2, -0.15) is 5.26 Å². The number of hydrogen-bond acceptors (Lipinski definition) is 5. The van der Waals surface area contributed by atoms with E-state index in [9.17, 15) is 8.42 Å². The molecule has 5 nitrogen and oxygen atoms in total. The molecule has 0 aliphatic carbocycles. The van der Waals surface area contributed by atoms with Gasteiger partial charge < -0.3 is 4.74 Å². The Balaban J connectivity index is 2.42. The molecule has 1 fully saturated rings. The Hall–Kier alpha value is -0.640. The Morgan fingerprint density at radius 3 is 2.81 bits per heavy atom. The van der Waals surface area contributed by atoms with Gasteiger partial charge in [0.1, 0.15) is 0 Å². The zero-order valence-corrected chi connectivity index (χ0v) is 10.5. The molecule has 1 heterocycles. The van der Waals surface area contributed by atoms with E-state index in [1.54, 1.807) is 13.8 Å². The number of ether oxygens (including phenoxy) is 1. The average molecular weight is 246 g/mol. The van der Waals surface area contributed by atoms with Gasteiger partial charge in [0.2, 0.25) is 0 Å². The van der Waals surface area contributed by atoms with Gasteiger partial charge in [-0.25, -0.2) is 8.42 Å². The summed E-state index contributed by atoms with van der Waals surface area (Å²) in [6, 6.07) is 2.04. The van der Waals surface area contributed by atoms with E-state index in [-0.39, 0.29) is 11.0 Å². The van der Waals surface area contributed by atoms with Crippen LogP contribution in [0.1, 0.15) is 13.8 Å². The summed E-state index contributed by atoms with van der Waals surface area (Å²) in [6.07, 6.45) is -0.421. The van der Waals surface area contributed by atoms with Crippen molar-refractivity contribution in [3.05, 3.63) is 0 Å². The first kappa shape index (κ1) is 13.4. The molecule has 1 saturated heterocycles. The molecular formula is C10H18N2O3S. The first-order valence-corrected chi connectivity index (χ1v) is 7.12. The van der Waals surface area contributed by atoms with Crippen molar-refractivity contribution in [1.29, 1.82) is 5.26 Å². The molecule has 6 heteroatoms. The van der Waals surface area contributed by atoms with Crippen molar-refractivity contribution in [2.24, 2.45) is 0 Å². The monoisotopic (exact) mass is 246 g/mol. The van der Waals surface area contributed by atoms with Gasteiger partial charge in [0.25, 0.3) is 0 Å². The Morgan fingerprint density at radius 2 is 2.25 bits per heavy atom. The molecule has 1 aliphatic heterocycles. The number of rotatable bonds is 4. The highest BCUT2D eigenvalue weighted by atomic mass is 32.2. The average Bonchev–Trinajstić information content (AvgIpc) is 2.26. The number of morpholine rings is 1. The van der Waals surface area contributed by atoms with Gasteiger partial charge >= 0.3 is 0 Å². The molecule has 92 valence electrons. The first-order valence-electron chi connectivity index (χ1n) is 5.41. The van der Waals surface area contributed by atoms with Gasteiger partial charge in [0.05, 0.1) is 23.7 Å². The third-order valence-electron chi connectivity index (χ3n) is 2.70. The summed E-state index contributed by atoms with van der Waals surface area (Å²) in [7, 11) is -2.99. The van der Waals surface area contributed by atoms with E-state index in [0.29, 0.717) is 26.2 Å². The van der Waals surface area contributed by atoms with E-state index in [1.807, 2.05) is 11.0 Å². The second-order valence-corrected chi connectivity index (χ2v) is 6.88. The SMILES string of the molecule is CC(C)S(=O)(=O)CCN1CCOC(C#N)C1. The summed E-state index contributed by atoms with van der Waals surface area (Å²) >= 11 is 0. The normalized spacial score (nSPS) is 23.2. The van der Waals surface area contributed by atoms with E-state index in [4.69, 9.17) is 10.00 Å². The lowest BCUT2D eigenvalue weighted by molar-refractivity contribution is 0.00297. The van der Waals surface area contributed by atoms with Crippen LogP contribution < -0.4 is 0 Å². The lowest BCUT2D eigenvalue weighted by Gasteiger charge is -2.29.